The minimum absolute atomic E-state index is 0.135. The van der Waals surface area contributed by atoms with Gasteiger partial charge in [-0.1, -0.05) is 12.8 Å². The zero-order valence-corrected chi connectivity index (χ0v) is 7.27. The Labute approximate surface area is 63.8 Å². The highest BCUT2D eigenvalue weighted by atomic mass is 16.5. The van der Waals surface area contributed by atoms with Crippen LogP contribution in [0.3, 0.4) is 0 Å². The van der Waals surface area contributed by atoms with Crippen LogP contribution in [0.15, 0.2) is 0 Å². The molecule has 0 aromatic heterocycles. The molecule has 0 aliphatic heterocycles. The summed E-state index contributed by atoms with van der Waals surface area (Å²) in [5, 5.41) is 0. The monoisotopic (exact) mass is 140 g/mol. The first-order valence-corrected chi connectivity index (χ1v) is 3.59. The van der Waals surface area contributed by atoms with Gasteiger partial charge in [-0.25, -0.2) is 0 Å². The summed E-state index contributed by atoms with van der Waals surface area (Å²) in [6.07, 6.45) is 6.47. The highest BCUT2D eigenvalue weighted by Crippen LogP contribution is 2.23. The Morgan fingerprint density at radius 2 is 2.10 bits per heavy atom. The molecule has 58 valence electrons. The van der Waals surface area contributed by atoms with Gasteiger partial charge in [0.05, 0.1) is 11.5 Å². The van der Waals surface area contributed by atoms with Crippen LogP contribution in [0.5, 0.6) is 0 Å². The Balaban J connectivity index is 4.15. The van der Waals surface area contributed by atoms with Crippen molar-refractivity contribution in [3.63, 3.8) is 0 Å². The van der Waals surface area contributed by atoms with Gasteiger partial charge in [0.15, 0.2) is 0 Å². The average Bonchev–Trinajstić information content (AvgIpc) is 1.90. The van der Waals surface area contributed by atoms with Gasteiger partial charge >= 0.3 is 0 Å². The van der Waals surface area contributed by atoms with Gasteiger partial charge in [-0.2, -0.15) is 0 Å². The van der Waals surface area contributed by atoms with Crippen LogP contribution in [0, 0.1) is 17.8 Å². The first kappa shape index (κ1) is 9.52. The molecule has 0 aromatic carbocycles. The third-order valence-corrected chi connectivity index (χ3v) is 1.83. The molecule has 0 amide bonds. The number of rotatable bonds is 3. The lowest BCUT2D eigenvalue weighted by molar-refractivity contribution is 0.0334. The molecule has 0 radical (unpaired) electrons. The summed E-state index contributed by atoms with van der Waals surface area (Å²) >= 11 is 0. The van der Waals surface area contributed by atoms with E-state index < -0.39 is 0 Å². The molecule has 0 aliphatic carbocycles. The molecule has 10 heavy (non-hydrogen) atoms. The van der Waals surface area contributed by atoms with Gasteiger partial charge in [0.1, 0.15) is 0 Å². The van der Waals surface area contributed by atoms with Crippen LogP contribution in [-0.4, -0.2) is 13.2 Å². The Morgan fingerprint density at radius 1 is 1.60 bits per heavy atom. The molecule has 0 saturated heterocycles. The molecule has 0 aromatic rings. The molecular weight excluding hydrogens is 124 g/mol. The van der Waals surface area contributed by atoms with Crippen molar-refractivity contribution in [3.8, 4) is 12.3 Å². The van der Waals surface area contributed by atoms with Crippen molar-refractivity contribution >= 4 is 0 Å². The minimum atomic E-state index is -0.135. The summed E-state index contributed by atoms with van der Waals surface area (Å²) in [6, 6.07) is 0. The van der Waals surface area contributed by atoms with Gasteiger partial charge in [-0.05, 0) is 20.3 Å². The molecule has 0 bridgehead atoms. The molecule has 1 unspecified atom stereocenters. The molecule has 0 rings (SSSR count). The Hall–Kier alpha value is -0.480. The summed E-state index contributed by atoms with van der Waals surface area (Å²) in [5.74, 6) is 2.72. The fraction of sp³-hybridized carbons (Fsp3) is 0.778. The zero-order valence-electron chi connectivity index (χ0n) is 7.27. The van der Waals surface area contributed by atoms with E-state index in [0.29, 0.717) is 0 Å². The van der Waals surface area contributed by atoms with E-state index in [1.165, 1.54) is 0 Å². The lowest BCUT2D eigenvalue weighted by Gasteiger charge is -2.26. The van der Waals surface area contributed by atoms with Gasteiger partial charge in [-0.3, -0.25) is 0 Å². The van der Waals surface area contributed by atoms with Crippen molar-refractivity contribution in [2.24, 2.45) is 5.41 Å². The Bertz CT molecular complexity index is 126. The predicted molar refractivity (Wildman–Crippen MR) is 43.7 cm³/mol. The molecule has 0 spiro atoms. The SMILES string of the molecule is C#CC(C)(C)C(CC)OC. The van der Waals surface area contributed by atoms with E-state index in [0.717, 1.165) is 6.42 Å². The highest BCUT2D eigenvalue weighted by molar-refractivity contribution is 5.04. The maximum absolute atomic E-state index is 5.33. The second-order valence-electron chi connectivity index (χ2n) is 3.00. The lowest BCUT2D eigenvalue weighted by Crippen LogP contribution is -2.28. The highest BCUT2D eigenvalue weighted by Gasteiger charge is 2.25. The van der Waals surface area contributed by atoms with Crippen molar-refractivity contribution < 1.29 is 4.74 Å². The first-order valence-electron chi connectivity index (χ1n) is 3.59. The molecule has 1 heteroatoms. The van der Waals surface area contributed by atoms with Crippen molar-refractivity contribution in [3.05, 3.63) is 0 Å². The zero-order chi connectivity index (χ0) is 8.20. The molecule has 1 atom stereocenters. The lowest BCUT2D eigenvalue weighted by atomic mass is 9.86. The van der Waals surface area contributed by atoms with Crippen molar-refractivity contribution in [2.45, 2.75) is 33.3 Å². The fourth-order valence-electron chi connectivity index (χ4n) is 1.06. The van der Waals surface area contributed by atoms with E-state index in [-0.39, 0.29) is 11.5 Å². The van der Waals surface area contributed by atoms with Crippen LogP contribution in [0.4, 0.5) is 0 Å². The molecule has 0 aliphatic rings. The topological polar surface area (TPSA) is 9.23 Å². The molecule has 1 nitrogen and oxygen atoms in total. The van der Waals surface area contributed by atoms with E-state index in [4.69, 9.17) is 11.2 Å². The van der Waals surface area contributed by atoms with E-state index in [9.17, 15) is 0 Å². The van der Waals surface area contributed by atoms with Crippen LogP contribution in [0.1, 0.15) is 27.2 Å². The maximum Gasteiger partial charge on any atom is 0.0728 e. The van der Waals surface area contributed by atoms with Gasteiger partial charge in [-0.15, -0.1) is 6.42 Å². The van der Waals surface area contributed by atoms with Crippen LogP contribution >= 0.6 is 0 Å². The number of methoxy groups -OCH3 is 1. The number of hydrogen-bond donors (Lipinski definition) is 0. The number of terminal acetylenes is 1. The summed E-state index contributed by atoms with van der Waals surface area (Å²) in [4.78, 5) is 0. The summed E-state index contributed by atoms with van der Waals surface area (Å²) in [7, 11) is 1.70. The first-order chi connectivity index (χ1) is 4.58. The maximum atomic E-state index is 5.33. The van der Waals surface area contributed by atoms with E-state index in [1.807, 2.05) is 13.8 Å². The summed E-state index contributed by atoms with van der Waals surface area (Å²) < 4.78 is 5.21. The van der Waals surface area contributed by atoms with Gasteiger partial charge in [0.2, 0.25) is 0 Å². The fourth-order valence-corrected chi connectivity index (χ4v) is 1.06. The standard InChI is InChI=1S/C9H16O/c1-6-8(10-5)9(3,4)7-2/h2,8H,6H2,1,3-5H3. The average molecular weight is 140 g/mol. The minimum Gasteiger partial charge on any atom is -0.380 e. The molecule has 0 N–H and O–H groups in total. The second kappa shape index (κ2) is 3.63. The van der Waals surface area contributed by atoms with Crippen molar-refractivity contribution in [1.29, 1.82) is 0 Å². The van der Waals surface area contributed by atoms with Crippen molar-refractivity contribution in [2.75, 3.05) is 7.11 Å². The number of hydrogen-bond acceptors (Lipinski definition) is 1. The Morgan fingerprint density at radius 3 is 2.20 bits per heavy atom. The molecule has 0 fully saturated rings. The smallest absolute Gasteiger partial charge is 0.0728 e. The summed E-state index contributed by atoms with van der Waals surface area (Å²) in [5.41, 5.74) is -0.135. The predicted octanol–water partition coefficient (Wildman–Crippen LogP) is 2.07. The van der Waals surface area contributed by atoms with Gasteiger partial charge in [0.25, 0.3) is 0 Å². The molecular formula is C9H16O. The van der Waals surface area contributed by atoms with Crippen LogP contribution in [-0.2, 0) is 4.74 Å². The quantitative estimate of drug-likeness (QED) is 0.545. The van der Waals surface area contributed by atoms with Crippen molar-refractivity contribution in [1.82, 2.24) is 0 Å². The van der Waals surface area contributed by atoms with E-state index >= 15 is 0 Å². The van der Waals surface area contributed by atoms with Gasteiger partial charge in [0, 0.05) is 7.11 Å². The second-order valence-corrected chi connectivity index (χ2v) is 3.00. The van der Waals surface area contributed by atoms with Crippen LogP contribution < -0.4 is 0 Å². The number of ether oxygens (including phenoxy) is 1. The Kier molecular flexibility index (Phi) is 3.46. The third kappa shape index (κ3) is 2.04. The molecule has 0 heterocycles. The van der Waals surface area contributed by atoms with Crippen LogP contribution in [0.25, 0.3) is 0 Å². The van der Waals surface area contributed by atoms with Crippen LogP contribution in [0.2, 0.25) is 0 Å². The van der Waals surface area contributed by atoms with Gasteiger partial charge < -0.3 is 4.74 Å². The van der Waals surface area contributed by atoms with E-state index in [2.05, 4.69) is 12.8 Å². The molecule has 0 saturated carbocycles. The third-order valence-electron chi connectivity index (χ3n) is 1.83. The normalized spacial score (nSPS) is 14.3. The largest absolute Gasteiger partial charge is 0.380 e. The summed E-state index contributed by atoms with van der Waals surface area (Å²) in [6.45, 7) is 6.11. The van der Waals surface area contributed by atoms with E-state index in [1.54, 1.807) is 7.11 Å².